The fourth-order valence-corrected chi connectivity index (χ4v) is 3.32. The molecule has 2 heterocycles. The Morgan fingerprint density at radius 3 is 2.66 bits per heavy atom. The van der Waals surface area contributed by atoms with E-state index in [0.717, 1.165) is 17.0 Å². The van der Waals surface area contributed by atoms with Gasteiger partial charge in [0.05, 0.1) is 27.2 Å². The first-order valence-electron chi connectivity index (χ1n) is 8.74. The first-order chi connectivity index (χ1) is 14.0. The van der Waals surface area contributed by atoms with Crippen molar-refractivity contribution >= 4 is 34.2 Å². The predicted octanol–water partition coefficient (Wildman–Crippen LogP) is 4.23. The standard InChI is InChI=1S/C20H15ClN2O6/c1-11-12-4-2-3-5-14(12)22-15(19(11)21)10-29-20(24)13-8-17-18(28-7-6-27-17)9-16(13)23(25)26/h2-5,8-9H,6-7,10H2,1H3. The maximum absolute atomic E-state index is 12.6. The highest BCUT2D eigenvalue weighted by atomic mass is 35.5. The molecule has 1 aliphatic rings. The first kappa shape index (κ1) is 18.9. The van der Waals surface area contributed by atoms with Gasteiger partial charge in [-0.1, -0.05) is 29.8 Å². The summed E-state index contributed by atoms with van der Waals surface area (Å²) < 4.78 is 16.0. The van der Waals surface area contributed by atoms with Crippen LogP contribution in [0.4, 0.5) is 5.69 Å². The van der Waals surface area contributed by atoms with Crippen LogP contribution in [0.15, 0.2) is 36.4 Å². The summed E-state index contributed by atoms with van der Waals surface area (Å²) in [5, 5.41) is 12.7. The SMILES string of the molecule is Cc1c(Cl)c(COC(=O)c2cc3c(cc2[N+](=O)[O-])OCCO3)nc2ccccc12. The van der Waals surface area contributed by atoms with Crippen molar-refractivity contribution in [3.63, 3.8) is 0 Å². The topological polar surface area (TPSA) is 101 Å². The van der Waals surface area contributed by atoms with E-state index in [2.05, 4.69) is 4.98 Å². The van der Waals surface area contributed by atoms with Gasteiger partial charge in [-0.2, -0.15) is 0 Å². The first-order valence-corrected chi connectivity index (χ1v) is 9.12. The molecule has 4 rings (SSSR count). The third-order valence-electron chi connectivity index (χ3n) is 4.56. The van der Waals surface area contributed by atoms with E-state index in [4.69, 9.17) is 25.8 Å². The Labute approximate surface area is 170 Å². The summed E-state index contributed by atoms with van der Waals surface area (Å²) in [6.07, 6.45) is 0. The molecule has 0 saturated heterocycles. The van der Waals surface area contributed by atoms with Crippen LogP contribution in [0, 0.1) is 17.0 Å². The van der Waals surface area contributed by atoms with Crippen LogP contribution in [0.3, 0.4) is 0 Å². The summed E-state index contributed by atoms with van der Waals surface area (Å²) in [5.41, 5.74) is 1.25. The van der Waals surface area contributed by atoms with Gasteiger partial charge in [0, 0.05) is 11.5 Å². The van der Waals surface area contributed by atoms with Gasteiger partial charge in [-0.05, 0) is 18.6 Å². The fraction of sp³-hybridized carbons (Fsp3) is 0.200. The molecular formula is C20H15ClN2O6. The number of hydrogen-bond donors (Lipinski definition) is 0. The van der Waals surface area contributed by atoms with Crippen molar-refractivity contribution < 1.29 is 23.9 Å². The molecule has 0 aliphatic carbocycles. The number of fused-ring (bicyclic) bond motifs is 2. The number of aromatic nitrogens is 1. The number of nitro benzene ring substituents is 1. The second-order valence-corrected chi connectivity index (χ2v) is 6.74. The molecule has 0 atom stereocenters. The van der Waals surface area contributed by atoms with E-state index >= 15 is 0 Å². The van der Waals surface area contributed by atoms with E-state index in [9.17, 15) is 14.9 Å². The smallest absolute Gasteiger partial charge is 0.345 e. The highest BCUT2D eigenvalue weighted by molar-refractivity contribution is 6.32. The molecule has 0 bridgehead atoms. The third-order valence-corrected chi connectivity index (χ3v) is 5.06. The molecule has 8 nitrogen and oxygen atoms in total. The summed E-state index contributed by atoms with van der Waals surface area (Å²) in [6, 6.07) is 9.88. The van der Waals surface area contributed by atoms with E-state index in [1.165, 1.54) is 6.07 Å². The zero-order valence-corrected chi connectivity index (χ0v) is 16.1. The number of nitro groups is 1. The van der Waals surface area contributed by atoms with Gasteiger partial charge in [0.2, 0.25) is 0 Å². The largest absolute Gasteiger partial charge is 0.486 e. The maximum Gasteiger partial charge on any atom is 0.345 e. The summed E-state index contributed by atoms with van der Waals surface area (Å²) in [5.74, 6) is -0.404. The number of hydrogen-bond acceptors (Lipinski definition) is 7. The van der Waals surface area contributed by atoms with Crippen LogP contribution in [0.5, 0.6) is 11.5 Å². The highest BCUT2D eigenvalue weighted by Gasteiger charge is 2.27. The number of pyridine rings is 1. The van der Waals surface area contributed by atoms with Crippen molar-refractivity contribution in [3.8, 4) is 11.5 Å². The lowest BCUT2D eigenvalue weighted by molar-refractivity contribution is -0.385. The number of ether oxygens (including phenoxy) is 3. The van der Waals surface area contributed by atoms with Crippen molar-refractivity contribution in [2.24, 2.45) is 0 Å². The lowest BCUT2D eigenvalue weighted by atomic mass is 10.1. The molecule has 0 unspecified atom stereocenters. The second kappa shape index (κ2) is 7.56. The van der Waals surface area contributed by atoms with Gasteiger partial charge in [-0.3, -0.25) is 10.1 Å². The number of halogens is 1. The molecule has 0 radical (unpaired) electrons. The van der Waals surface area contributed by atoms with E-state index in [1.807, 2.05) is 31.2 Å². The van der Waals surface area contributed by atoms with Crippen LogP contribution in [0.1, 0.15) is 21.6 Å². The number of carbonyl (C=O) groups excluding carboxylic acids is 1. The van der Waals surface area contributed by atoms with Crippen LogP contribution in [-0.4, -0.2) is 29.1 Å². The molecule has 1 aromatic heterocycles. The van der Waals surface area contributed by atoms with Gasteiger partial charge in [0.1, 0.15) is 25.4 Å². The Morgan fingerprint density at radius 1 is 1.24 bits per heavy atom. The molecule has 0 spiro atoms. The average molecular weight is 415 g/mol. The van der Waals surface area contributed by atoms with E-state index < -0.39 is 16.6 Å². The molecule has 0 fully saturated rings. The zero-order valence-electron chi connectivity index (χ0n) is 15.3. The Hall–Kier alpha value is -3.39. The molecule has 2 aromatic carbocycles. The van der Waals surface area contributed by atoms with Crippen molar-refractivity contribution in [1.82, 2.24) is 4.98 Å². The van der Waals surface area contributed by atoms with Crippen molar-refractivity contribution in [1.29, 1.82) is 0 Å². The minimum Gasteiger partial charge on any atom is -0.486 e. The number of nitrogens with zero attached hydrogens (tertiary/aromatic N) is 2. The van der Waals surface area contributed by atoms with Gasteiger partial charge in [-0.15, -0.1) is 0 Å². The van der Waals surface area contributed by atoms with Crippen LogP contribution in [-0.2, 0) is 11.3 Å². The summed E-state index contributed by atoms with van der Waals surface area (Å²) in [6.45, 7) is 2.19. The summed E-state index contributed by atoms with van der Waals surface area (Å²) in [7, 11) is 0. The van der Waals surface area contributed by atoms with Gasteiger partial charge >= 0.3 is 5.97 Å². The van der Waals surface area contributed by atoms with Gasteiger partial charge in [-0.25, -0.2) is 9.78 Å². The Kier molecular flexibility index (Phi) is 4.94. The molecular weight excluding hydrogens is 400 g/mol. The highest BCUT2D eigenvalue weighted by Crippen LogP contribution is 2.37. The number of para-hydroxylation sites is 1. The van der Waals surface area contributed by atoms with Crippen molar-refractivity contribution in [2.75, 3.05) is 13.2 Å². The molecule has 1 aliphatic heterocycles. The number of carbonyl (C=O) groups is 1. The molecule has 29 heavy (non-hydrogen) atoms. The molecule has 0 saturated carbocycles. The second-order valence-electron chi connectivity index (χ2n) is 6.36. The predicted molar refractivity (Wildman–Crippen MR) is 105 cm³/mol. The average Bonchev–Trinajstić information content (AvgIpc) is 2.74. The Morgan fingerprint density at radius 2 is 1.93 bits per heavy atom. The molecule has 148 valence electrons. The lowest BCUT2D eigenvalue weighted by Gasteiger charge is -2.18. The Bertz CT molecular complexity index is 1150. The fourth-order valence-electron chi connectivity index (χ4n) is 3.12. The van der Waals surface area contributed by atoms with Crippen LogP contribution < -0.4 is 9.47 Å². The zero-order chi connectivity index (χ0) is 20.5. The maximum atomic E-state index is 12.6. The summed E-state index contributed by atoms with van der Waals surface area (Å²) >= 11 is 6.38. The van der Waals surface area contributed by atoms with Gasteiger partial charge in [0.25, 0.3) is 5.69 Å². The van der Waals surface area contributed by atoms with Crippen LogP contribution in [0.2, 0.25) is 5.02 Å². The number of rotatable bonds is 4. The van der Waals surface area contributed by atoms with E-state index in [1.54, 1.807) is 0 Å². The monoisotopic (exact) mass is 414 g/mol. The number of esters is 1. The van der Waals surface area contributed by atoms with Crippen molar-refractivity contribution in [3.05, 3.63) is 68.4 Å². The molecule has 3 aromatic rings. The van der Waals surface area contributed by atoms with Gasteiger partial charge < -0.3 is 14.2 Å². The molecule has 9 heteroatoms. The normalized spacial score (nSPS) is 12.6. The van der Waals surface area contributed by atoms with Gasteiger partial charge in [0.15, 0.2) is 11.5 Å². The minimum atomic E-state index is -0.877. The molecule has 0 N–H and O–H groups in total. The lowest BCUT2D eigenvalue weighted by Crippen LogP contribution is -2.17. The summed E-state index contributed by atoms with van der Waals surface area (Å²) in [4.78, 5) is 27.8. The quantitative estimate of drug-likeness (QED) is 0.357. The Balaban J connectivity index is 1.63. The van der Waals surface area contributed by atoms with Crippen molar-refractivity contribution in [2.45, 2.75) is 13.5 Å². The number of benzene rings is 2. The van der Waals surface area contributed by atoms with E-state index in [0.29, 0.717) is 16.2 Å². The third kappa shape index (κ3) is 3.54. The van der Waals surface area contributed by atoms with Crippen LogP contribution in [0.25, 0.3) is 10.9 Å². The number of aryl methyl sites for hydroxylation is 1. The minimum absolute atomic E-state index is 0.217. The van der Waals surface area contributed by atoms with E-state index in [-0.39, 0.29) is 36.9 Å². The van der Waals surface area contributed by atoms with Crippen LogP contribution >= 0.6 is 11.6 Å². The molecule has 0 amide bonds.